The molecule has 4 unspecified atom stereocenters. The zero-order valence-electron chi connectivity index (χ0n) is 19.1. The molecule has 178 valence electrons. The Morgan fingerprint density at radius 3 is 2.47 bits per heavy atom. The molecule has 10 heteroatoms. The number of nitriles is 1. The molecule has 3 aliphatic rings. The van der Waals surface area contributed by atoms with Gasteiger partial charge in [-0.2, -0.15) is 5.26 Å². The van der Waals surface area contributed by atoms with Crippen LogP contribution < -0.4 is 40.3 Å². The smallest absolute Gasteiger partial charge is 0.231 e. The normalized spacial score (nSPS) is 24.8. The number of nitrogens with two attached hydrogens (primary N) is 1. The molecule has 5 rings (SSSR count). The Morgan fingerprint density at radius 2 is 1.79 bits per heavy atom. The minimum absolute atomic E-state index is 0.0844. The molecule has 4 N–H and O–H groups in total. The number of hydrazine groups is 1. The van der Waals surface area contributed by atoms with Crippen LogP contribution in [0.1, 0.15) is 30.0 Å². The van der Waals surface area contributed by atoms with Crippen molar-refractivity contribution in [3.8, 4) is 34.8 Å². The summed E-state index contributed by atoms with van der Waals surface area (Å²) in [6.07, 6.45) is -0.471. The molecule has 0 radical (unpaired) electrons. The third kappa shape index (κ3) is 3.50. The third-order valence-corrected chi connectivity index (χ3v) is 6.34. The van der Waals surface area contributed by atoms with Gasteiger partial charge in [0.05, 0.1) is 32.4 Å². The van der Waals surface area contributed by atoms with E-state index in [1.165, 1.54) is 0 Å². The molecule has 1 fully saturated rings. The highest BCUT2D eigenvalue weighted by Crippen LogP contribution is 2.51. The molecule has 3 aliphatic heterocycles. The van der Waals surface area contributed by atoms with Crippen LogP contribution >= 0.6 is 0 Å². The van der Waals surface area contributed by atoms with Gasteiger partial charge in [-0.05, 0) is 42.3 Å². The molecular formula is C24H26N4O6. The second-order valence-electron chi connectivity index (χ2n) is 8.05. The van der Waals surface area contributed by atoms with E-state index in [0.717, 1.165) is 11.1 Å². The number of ether oxygens (including phenoxy) is 6. The number of allylic oxidation sites excluding steroid dienone is 1. The lowest BCUT2D eigenvalue weighted by molar-refractivity contribution is 0.0340. The number of nitrogens with zero attached hydrogens (tertiary/aromatic N) is 1. The number of methoxy groups -OCH3 is 2. The zero-order valence-corrected chi connectivity index (χ0v) is 19.1. The van der Waals surface area contributed by atoms with Gasteiger partial charge in [-0.15, -0.1) is 0 Å². The second-order valence-corrected chi connectivity index (χ2v) is 8.05. The standard InChI is InChI=1S/C24H26N4O6/c1-4-31-22-17(29-2)8-13(9-18(22)30-3)19-14(10-25)23(26)34-24-20(19)21(27-28-24)12-5-6-15-16(7-12)33-11-32-15/h5-9,19-21,24,27-28H,4,11,26H2,1-3H3. The van der Waals surface area contributed by atoms with Crippen molar-refractivity contribution in [2.75, 3.05) is 27.6 Å². The van der Waals surface area contributed by atoms with Crippen LogP contribution in [0, 0.1) is 17.2 Å². The molecule has 2 aromatic rings. The number of hydrogen-bond donors (Lipinski definition) is 3. The molecule has 0 amide bonds. The van der Waals surface area contributed by atoms with Gasteiger partial charge in [0.1, 0.15) is 6.07 Å². The van der Waals surface area contributed by atoms with Gasteiger partial charge in [-0.3, -0.25) is 0 Å². The first kappa shape index (κ1) is 22.0. The second kappa shape index (κ2) is 8.85. The first-order valence-electron chi connectivity index (χ1n) is 10.9. The molecule has 4 atom stereocenters. The highest BCUT2D eigenvalue weighted by atomic mass is 16.7. The van der Waals surface area contributed by atoms with E-state index in [4.69, 9.17) is 34.2 Å². The predicted octanol–water partition coefficient (Wildman–Crippen LogP) is 2.43. The van der Waals surface area contributed by atoms with Crippen molar-refractivity contribution in [3.63, 3.8) is 0 Å². The van der Waals surface area contributed by atoms with Gasteiger partial charge in [0, 0.05) is 11.8 Å². The molecule has 0 bridgehead atoms. The molecule has 0 saturated carbocycles. The third-order valence-electron chi connectivity index (χ3n) is 6.34. The Bertz CT molecular complexity index is 1150. The van der Waals surface area contributed by atoms with E-state index in [0.29, 0.717) is 40.9 Å². The Kier molecular flexibility index (Phi) is 5.73. The van der Waals surface area contributed by atoms with Crippen molar-refractivity contribution in [2.45, 2.75) is 25.1 Å². The summed E-state index contributed by atoms with van der Waals surface area (Å²) < 4.78 is 33.9. The zero-order chi connectivity index (χ0) is 23.8. The quantitative estimate of drug-likeness (QED) is 0.584. The SMILES string of the molecule is CCOc1c(OC)cc(C2C(C#N)=C(N)OC3NNC(c4ccc5c(c4)OCO5)C32)cc1OC. The Hall–Kier alpha value is -3.81. The molecule has 10 nitrogen and oxygen atoms in total. The summed E-state index contributed by atoms with van der Waals surface area (Å²) in [4.78, 5) is 0. The molecule has 34 heavy (non-hydrogen) atoms. The Labute approximate surface area is 197 Å². The van der Waals surface area contributed by atoms with E-state index in [1.807, 2.05) is 37.3 Å². The average molecular weight is 466 g/mol. The fraction of sp³-hybridized carbons (Fsp3) is 0.375. The lowest BCUT2D eigenvalue weighted by atomic mass is 9.74. The summed E-state index contributed by atoms with van der Waals surface area (Å²) in [5.41, 5.74) is 14.8. The van der Waals surface area contributed by atoms with Gasteiger partial charge in [0.25, 0.3) is 0 Å². The molecule has 0 spiro atoms. The largest absolute Gasteiger partial charge is 0.493 e. The minimum atomic E-state index is -0.471. The van der Waals surface area contributed by atoms with Crippen LogP contribution in [0.2, 0.25) is 0 Å². The first-order chi connectivity index (χ1) is 16.6. The number of hydrogen-bond acceptors (Lipinski definition) is 10. The number of rotatable bonds is 6. The van der Waals surface area contributed by atoms with Gasteiger partial charge in [-0.25, -0.2) is 10.9 Å². The molecule has 0 aromatic heterocycles. The molecule has 0 aliphatic carbocycles. The number of nitrogens with one attached hydrogen (secondary N) is 2. The molecular weight excluding hydrogens is 440 g/mol. The summed E-state index contributed by atoms with van der Waals surface area (Å²) in [6, 6.07) is 11.6. The fourth-order valence-electron chi connectivity index (χ4n) is 4.85. The van der Waals surface area contributed by atoms with Gasteiger partial charge < -0.3 is 34.2 Å². The highest BCUT2D eigenvalue weighted by molar-refractivity contribution is 5.57. The van der Waals surface area contributed by atoms with Crippen molar-refractivity contribution in [2.24, 2.45) is 11.7 Å². The summed E-state index contributed by atoms with van der Waals surface area (Å²) >= 11 is 0. The van der Waals surface area contributed by atoms with Crippen LogP contribution in [-0.2, 0) is 4.74 Å². The lowest BCUT2D eigenvalue weighted by Gasteiger charge is -2.36. The van der Waals surface area contributed by atoms with Crippen molar-refractivity contribution < 1.29 is 28.4 Å². The monoisotopic (exact) mass is 466 g/mol. The molecule has 1 saturated heterocycles. The maximum atomic E-state index is 10.1. The van der Waals surface area contributed by atoms with E-state index >= 15 is 0 Å². The van der Waals surface area contributed by atoms with E-state index in [2.05, 4.69) is 16.9 Å². The maximum absolute atomic E-state index is 10.1. The van der Waals surface area contributed by atoms with E-state index in [-0.39, 0.29) is 24.6 Å². The van der Waals surface area contributed by atoms with Crippen molar-refractivity contribution in [3.05, 3.63) is 52.9 Å². The molecule has 3 heterocycles. The van der Waals surface area contributed by atoms with Gasteiger partial charge in [-0.1, -0.05) is 6.07 Å². The van der Waals surface area contributed by atoms with E-state index in [9.17, 15) is 5.26 Å². The lowest BCUT2D eigenvalue weighted by Crippen LogP contribution is -2.41. The van der Waals surface area contributed by atoms with Gasteiger partial charge in [0.2, 0.25) is 18.4 Å². The van der Waals surface area contributed by atoms with Crippen LogP contribution in [0.3, 0.4) is 0 Å². The maximum Gasteiger partial charge on any atom is 0.231 e. The van der Waals surface area contributed by atoms with Gasteiger partial charge in [0.15, 0.2) is 29.2 Å². The average Bonchev–Trinajstić information content (AvgIpc) is 3.49. The first-order valence-corrected chi connectivity index (χ1v) is 10.9. The van der Waals surface area contributed by atoms with Crippen LogP contribution in [0.15, 0.2) is 41.8 Å². The van der Waals surface area contributed by atoms with Crippen LogP contribution in [0.25, 0.3) is 0 Å². The topological polar surface area (TPSA) is 129 Å². The summed E-state index contributed by atoms with van der Waals surface area (Å²) in [5.74, 6) is 2.34. The summed E-state index contributed by atoms with van der Waals surface area (Å²) in [7, 11) is 3.13. The van der Waals surface area contributed by atoms with Crippen molar-refractivity contribution >= 4 is 0 Å². The number of fused-ring (bicyclic) bond motifs is 2. The fourth-order valence-corrected chi connectivity index (χ4v) is 4.85. The minimum Gasteiger partial charge on any atom is -0.493 e. The number of benzene rings is 2. The van der Waals surface area contributed by atoms with Gasteiger partial charge >= 0.3 is 0 Å². The van der Waals surface area contributed by atoms with E-state index in [1.54, 1.807) is 14.2 Å². The van der Waals surface area contributed by atoms with Crippen LogP contribution in [-0.4, -0.2) is 33.8 Å². The molecule has 2 aromatic carbocycles. The highest BCUT2D eigenvalue weighted by Gasteiger charge is 2.49. The van der Waals surface area contributed by atoms with Crippen molar-refractivity contribution in [1.29, 1.82) is 5.26 Å². The summed E-state index contributed by atoms with van der Waals surface area (Å²) in [5, 5.41) is 10.1. The van der Waals surface area contributed by atoms with E-state index < -0.39 is 12.1 Å². The predicted molar refractivity (Wildman–Crippen MR) is 120 cm³/mol. The Balaban J connectivity index is 1.63. The van der Waals surface area contributed by atoms with Crippen LogP contribution in [0.4, 0.5) is 0 Å². The Morgan fingerprint density at radius 1 is 1.06 bits per heavy atom. The van der Waals surface area contributed by atoms with Crippen LogP contribution in [0.5, 0.6) is 28.7 Å². The van der Waals surface area contributed by atoms with Crippen molar-refractivity contribution in [1.82, 2.24) is 10.9 Å². The summed E-state index contributed by atoms with van der Waals surface area (Å²) in [6.45, 7) is 2.53.